The van der Waals surface area contributed by atoms with E-state index in [-0.39, 0.29) is 17.1 Å². The van der Waals surface area contributed by atoms with Crippen LogP contribution in [0.25, 0.3) is 0 Å². The monoisotopic (exact) mass is 357 g/mol. The zero-order valence-electron chi connectivity index (χ0n) is 13.7. The zero-order valence-corrected chi connectivity index (χ0v) is 13.7. The van der Waals surface area contributed by atoms with E-state index >= 15 is 0 Å². The Morgan fingerprint density at radius 2 is 1.81 bits per heavy atom. The van der Waals surface area contributed by atoms with Crippen LogP contribution in [0.5, 0.6) is 0 Å². The highest BCUT2D eigenvalue weighted by Gasteiger charge is 2.19. The van der Waals surface area contributed by atoms with Crippen LogP contribution >= 0.6 is 0 Å². The van der Waals surface area contributed by atoms with Crippen molar-refractivity contribution in [3.05, 3.63) is 83.8 Å². The molecule has 0 saturated heterocycles. The molecule has 0 aliphatic heterocycles. The van der Waals surface area contributed by atoms with Crippen LogP contribution < -0.4 is 10.2 Å². The van der Waals surface area contributed by atoms with Gasteiger partial charge >= 0.3 is 0 Å². The van der Waals surface area contributed by atoms with Crippen LogP contribution in [0.2, 0.25) is 0 Å². The first-order valence-corrected chi connectivity index (χ1v) is 7.66. The van der Waals surface area contributed by atoms with Crippen molar-refractivity contribution in [1.82, 2.24) is 4.98 Å². The number of nitrogens with one attached hydrogen (secondary N) is 1. The molecule has 0 fully saturated rings. The molecule has 0 bridgehead atoms. The molecular weight excluding hydrogens is 343 g/mol. The van der Waals surface area contributed by atoms with Crippen molar-refractivity contribution in [2.24, 2.45) is 0 Å². The number of rotatable bonds is 4. The summed E-state index contributed by atoms with van der Waals surface area (Å²) < 4.78 is 39.9. The summed E-state index contributed by atoms with van der Waals surface area (Å²) in [5.41, 5.74) is 0.812. The fraction of sp³-hybridized carbons (Fsp3) is 0.0526. The van der Waals surface area contributed by atoms with Crippen LogP contribution in [0.4, 0.5) is 30.4 Å². The molecule has 0 aliphatic rings. The number of hydrogen-bond donors (Lipinski definition) is 1. The Labute approximate surface area is 147 Å². The van der Waals surface area contributed by atoms with Gasteiger partial charge in [0.1, 0.15) is 11.6 Å². The second-order valence-corrected chi connectivity index (χ2v) is 5.50. The molecule has 1 N–H and O–H groups in total. The molecule has 0 unspecified atom stereocenters. The summed E-state index contributed by atoms with van der Waals surface area (Å²) in [7, 11) is 1.44. The van der Waals surface area contributed by atoms with E-state index in [1.807, 2.05) is 0 Å². The van der Waals surface area contributed by atoms with Crippen LogP contribution in [-0.2, 0) is 0 Å². The maximum absolute atomic E-state index is 13.4. The first-order chi connectivity index (χ1) is 12.5. The van der Waals surface area contributed by atoms with Gasteiger partial charge in [0, 0.05) is 30.7 Å². The van der Waals surface area contributed by atoms with Gasteiger partial charge in [-0.2, -0.15) is 0 Å². The Balaban J connectivity index is 1.91. The summed E-state index contributed by atoms with van der Waals surface area (Å²) in [5.74, 6) is -2.74. The van der Waals surface area contributed by atoms with E-state index in [0.29, 0.717) is 5.69 Å². The largest absolute Gasteiger partial charge is 0.339 e. The maximum atomic E-state index is 13.4. The second kappa shape index (κ2) is 7.26. The Bertz CT molecular complexity index is 962. The minimum Gasteiger partial charge on any atom is -0.339 e. The molecule has 1 heterocycles. The quantitative estimate of drug-likeness (QED) is 0.747. The molecule has 0 radical (unpaired) electrons. The lowest BCUT2D eigenvalue weighted by molar-refractivity contribution is 0.0993. The maximum Gasteiger partial charge on any atom is 0.261 e. The topological polar surface area (TPSA) is 45.2 Å². The third-order valence-corrected chi connectivity index (χ3v) is 3.72. The van der Waals surface area contributed by atoms with E-state index in [4.69, 9.17) is 0 Å². The fourth-order valence-corrected chi connectivity index (χ4v) is 2.37. The van der Waals surface area contributed by atoms with Gasteiger partial charge in [-0.3, -0.25) is 4.79 Å². The lowest BCUT2D eigenvalue weighted by atomic mass is 10.2. The lowest BCUT2D eigenvalue weighted by Crippen LogP contribution is -2.27. The van der Waals surface area contributed by atoms with E-state index in [9.17, 15) is 18.0 Å². The van der Waals surface area contributed by atoms with Crippen LogP contribution in [0, 0.1) is 17.5 Å². The number of carbonyl (C=O) groups is 1. The van der Waals surface area contributed by atoms with Crippen LogP contribution in [0.15, 0.2) is 60.8 Å². The minimum absolute atomic E-state index is 0.189. The van der Waals surface area contributed by atoms with Gasteiger partial charge in [-0.05, 0) is 42.5 Å². The predicted octanol–water partition coefficient (Wildman–Crippen LogP) is 4.52. The van der Waals surface area contributed by atoms with Gasteiger partial charge in [-0.15, -0.1) is 0 Å². The number of aromatic nitrogens is 1. The number of amides is 1. The molecule has 26 heavy (non-hydrogen) atoms. The zero-order chi connectivity index (χ0) is 18.7. The smallest absolute Gasteiger partial charge is 0.261 e. The second-order valence-electron chi connectivity index (χ2n) is 5.50. The van der Waals surface area contributed by atoms with Crippen LogP contribution in [-0.4, -0.2) is 17.9 Å². The number of nitrogens with zero attached hydrogens (tertiary/aromatic N) is 2. The standard InChI is InChI=1S/C19H14F3N3O/c1-25(14-7-8-16(21)17(22)11-14)19(26)15-6-3-9-23-18(15)24-13-5-2-4-12(20)10-13/h2-11H,1H3,(H,23,24). The van der Waals surface area contributed by atoms with E-state index in [1.165, 1.54) is 48.5 Å². The Morgan fingerprint density at radius 1 is 1.00 bits per heavy atom. The molecule has 3 rings (SSSR count). The first-order valence-electron chi connectivity index (χ1n) is 7.66. The lowest BCUT2D eigenvalue weighted by Gasteiger charge is -2.19. The number of benzene rings is 2. The van der Waals surface area contributed by atoms with Gasteiger partial charge in [-0.25, -0.2) is 18.2 Å². The third kappa shape index (κ3) is 3.66. The van der Waals surface area contributed by atoms with Gasteiger partial charge in [0.2, 0.25) is 0 Å². The summed E-state index contributed by atoms with van der Waals surface area (Å²) in [6, 6.07) is 12.0. The minimum atomic E-state index is -1.05. The number of anilines is 3. The average molecular weight is 357 g/mol. The van der Waals surface area contributed by atoms with Crippen molar-refractivity contribution in [1.29, 1.82) is 0 Å². The Morgan fingerprint density at radius 3 is 2.54 bits per heavy atom. The Hall–Kier alpha value is -3.35. The number of halogens is 3. The molecular formula is C19H14F3N3O. The highest BCUT2D eigenvalue weighted by Crippen LogP contribution is 2.23. The fourth-order valence-electron chi connectivity index (χ4n) is 2.37. The summed E-state index contributed by atoms with van der Waals surface area (Å²) in [4.78, 5) is 18.1. The van der Waals surface area contributed by atoms with E-state index in [2.05, 4.69) is 10.3 Å². The van der Waals surface area contributed by atoms with Crippen LogP contribution in [0.3, 0.4) is 0 Å². The molecule has 1 amide bonds. The normalized spacial score (nSPS) is 10.5. The van der Waals surface area contributed by atoms with Crippen molar-refractivity contribution >= 4 is 23.1 Å². The van der Waals surface area contributed by atoms with Crippen LogP contribution in [0.1, 0.15) is 10.4 Å². The van der Waals surface area contributed by atoms with E-state index in [0.717, 1.165) is 12.1 Å². The molecule has 132 valence electrons. The third-order valence-electron chi connectivity index (χ3n) is 3.72. The first kappa shape index (κ1) is 17.5. The molecule has 0 aliphatic carbocycles. The van der Waals surface area contributed by atoms with Crippen molar-refractivity contribution in [3.63, 3.8) is 0 Å². The number of carbonyl (C=O) groups excluding carboxylic acids is 1. The highest BCUT2D eigenvalue weighted by molar-refractivity contribution is 6.09. The van der Waals surface area contributed by atoms with Crippen molar-refractivity contribution in [3.8, 4) is 0 Å². The number of hydrogen-bond acceptors (Lipinski definition) is 3. The van der Waals surface area contributed by atoms with Crippen molar-refractivity contribution in [2.45, 2.75) is 0 Å². The van der Waals surface area contributed by atoms with Gasteiger partial charge in [0.05, 0.1) is 5.56 Å². The predicted molar refractivity (Wildman–Crippen MR) is 93.0 cm³/mol. The van der Waals surface area contributed by atoms with Gasteiger partial charge < -0.3 is 10.2 Å². The summed E-state index contributed by atoms with van der Waals surface area (Å²) in [6.07, 6.45) is 1.48. The summed E-state index contributed by atoms with van der Waals surface area (Å²) >= 11 is 0. The Kier molecular flexibility index (Phi) is 4.88. The van der Waals surface area contributed by atoms with Gasteiger partial charge in [-0.1, -0.05) is 6.07 Å². The molecule has 4 nitrogen and oxygen atoms in total. The van der Waals surface area contributed by atoms with E-state index < -0.39 is 23.4 Å². The summed E-state index contributed by atoms with van der Waals surface area (Å²) in [6.45, 7) is 0. The molecule has 0 atom stereocenters. The molecule has 7 heteroatoms. The SMILES string of the molecule is CN(C(=O)c1cccnc1Nc1cccc(F)c1)c1ccc(F)c(F)c1. The molecule has 3 aromatic rings. The summed E-state index contributed by atoms with van der Waals surface area (Å²) in [5, 5.41) is 2.89. The molecule has 0 saturated carbocycles. The molecule has 1 aromatic heterocycles. The van der Waals surface area contributed by atoms with Crippen molar-refractivity contribution in [2.75, 3.05) is 17.3 Å². The van der Waals surface area contributed by atoms with Crippen molar-refractivity contribution < 1.29 is 18.0 Å². The molecule has 0 spiro atoms. The highest BCUT2D eigenvalue weighted by atomic mass is 19.2. The number of pyridine rings is 1. The van der Waals surface area contributed by atoms with E-state index in [1.54, 1.807) is 12.1 Å². The molecule has 2 aromatic carbocycles. The van der Waals surface area contributed by atoms with Gasteiger partial charge in [0.15, 0.2) is 11.6 Å². The van der Waals surface area contributed by atoms with Gasteiger partial charge in [0.25, 0.3) is 5.91 Å². The average Bonchev–Trinajstić information content (AvgIpc) is 2.63.